The predicted molar refractivity (Wildman–Crippen MR) is 115 cm³/mol. The third-order valence-corrected chi connectivity index (χ3v) is 5.46. The van der Waals surface area contributed by atoms with Crippen LogP contribution in [0, 0.1) is 0 Å². The van der Waals surface area contributed by atoms with Gasteiger partial charge < -0.3 is 14.2 Å². The maximum Gasteiger partial charge on any atom is 0.410 e. The number of ether oxygens (including phenoxy) is 1. The van der Waals surface area contributed by atoms with Crippen molar-refractivity contribution in [1.82, 2.24) is 14.5 Å². The third-order valence-electron chi connectivity index (χ3n) is 5.46. The quantitative estimate of drug-likeness (QED) is 0.617. The Morgan fingerprint density at radius 1 is 1.10 bits per heavy atom. The van der Waals surface area contributed by atoms with Crippen LogP contribution in [0.15, 0.2) is 54.9 Å². The molecule has 0 saturated carbocycles. The highest BCUT2D eigenvalue weighted by Gasteiger charge is 2.29. The number of fused-ring (bicyclic) bond motifs is 1. The second-order valence-corrected chi connectivity index (χ2v) is 8.80. The fourth-order valence-corrected chi connectivity index (χ4v) is 4.05. The molecule has 1 aliphatic heterocycles. The average molecular weight is 392 g/mol. The molecule has 3 heterocycles. The van der Waals surface area contributed by atoms with Crippen LogP contribution >= 0.6 is 0 Å². The van der Waals surface area contributed by atoms with Gasteiger partial charge in [0.05, 0.1) is 11.2 Å². The zero-order valence-corrected chi connectivity index (χ0v) is 17.5. The number of hydrogen-bond acceptors (Lipinski definition) is 3. The van der Waals surface area contributed by atoms with Crippen LogP contribution in [0.2, 0.25) is 0 Å². The van der Waals surface area contributed by atoms with E-state index < -0.39 is 5.60 Å². The van der Waals surface area contributed by atoms with Crippen molar-refractivity contribution in [3.05, 3.63) is 66.1 Å². The predicted octanol–water partition coefficient (Wildman–Crippen LogP) is 5.20. The van der Waals surface area contributed by atoms with Gasteiger partial charge in [0.15, 0.2) is 0 Å². The van der Waals surface area contributed by atoms with Gasteiger partial charge in [-0.05, 0) is 51.3 Å². The molecule has 2 aromatic heterocycles. The van der Waals surface area contributed by atoms with Crippen LogP contribution in [-0.4, -0.2) is 39.2 Å². The molecule has 1 aromatic carbocycles. The Labute approximate surface area is 172 Å². The maximum atomic E-state index is 12.3. The summed E-state index contributed by atoms with van der Waals surface area (Å²) >= 11 is 0. The van der Waals surface area contributed by atoms with Crippen LogP contribution in [0.1, 0.15) is 50.8 Å². The van der Waals surface area contributed by atoms with Crippen molar-refractivity contribution in [2.24, 2.45) is 0 Å². The summed E-state index contributed by atoms with van der Waals surface area (Å²) in [5.41, 5.74) is 3.20. The lowest BCUT2D eigenvalue weighted by molar-refractivity contribution is 0.0204. The number of pyridine rings is 1. The molecule has 5 nitrogen and oxygen atoms in total. The van der Waals surface area contributed by atoms with Crippen LogP contribution in [0.5, 0.6) is 0 Å². The maximum absolute atomic E-state index is 12.3. The van der Waals surface area contributed by atoms with Crippen LogP contribution in [0.3, 0.4) is 0 Å². The number of hydrogen-bond donors (Lipinski definition) is 0. The van der Waals surface area contributed by atoms with Gasteiger partial charge in [0.2, 0.25) is 0 Å². The number of nitrogens with zero attached hydrogens (tertiary/aromatic N) is 3. The first kappa shape index (κ1) is 19.5. The molecule has 0 N–H and O–H groups in total. The summed E-state index contributed by atoms with van der Waals surface area (Å²) in [6, 6.07) is 14.8. The summed E-state index contributed by atoms with van der Waals surface area (Å²) in [5, 5.41) is 1.22. The average Bonchev–Trinajstić information content (AvgIpc) is 3.11. The fraction of sp³-hybridized carbons (Fsp3) is 0.417. The van der Waals surface area contributed by atoms with E-state index in [-0.39, 0.29) is 6.09 Å². The lowest BCUT2D eigenvalue weighted by Gasteiger charge is -2.33. The topological polar surface area (TPSA) is 47.4 Å². The Balaban J connectivity index is 1.49. The van der Waals surface area contributed by atoms with Gasteiger partial charge >= 0.3 is 6.09 Å². The molecular formula is C24H29N3O2. The number of carbonyl (C=O) groups is 1. The summed E-state index contributed by atoms with van der Waals surface area (Å²) in [6.07, 6.45) is 5.68. The Kier molecular flexibility index (Phi) is 5.31. The third kappa shape index (κ3) is 4.44. The molecule has 0 radical (unpaired) electrons. The lowest BCUT2D eigenvalue weighted by atomic mass is 9.91. The van der Waals surface area contributed by atoms with Crippen molar-refractivity contribution in [1.29, 1.82) is 0 Å². The van der Waals surface area contributed by atoms with Crippen molar-refractivity contribution >= 4 is 17.0 Å². The minimum Gasteiger partial charge on any atom is -0.444 e. The van der Waals surface area contributed by atoms with Crippen molar-refractivity contribution in [2.75, 3.05) is 13.1 Å². The second-order valence-electron chi connectivity index (χ2n) is 8.80. The van der Waals surface area contributed by atoms with E-state index in [4.69, 9.17) is 9.72 Å². The van der Waals surface area contributed by atoms with Gasteiger partial charge in [-0.2, -0.15) is 0 Å². The van der Waals surface area contributed by atoms with Crippen molar-refractivity contribution in [3.63, 3.8) is 0 Å². The van der Waals surface area contributed by atoms with E-state index in [0.29, 0.717) is 19.0 Å². The van der Waals surface area contributed by atoms with E-state index >= 15 is 0 Å². The molecule has 1 saturated heterocycles. The molecule has 4 rings (SSSR count). The number of likely N-dealkylation sites (tertiary alicyclic amines) is 1. The normalized spacial score (nSPS) is 15.6. The Bertz CT molecular complexity index is 980. The number of carbonyl (C=O) groups excluding carboxylic acids is 1. The van der Waals surface area contributed by atoms with Gasteiger partial charge in [-0.3, -0.25) is 4.98 Å². The van der Waals surface area contributed by atoms with Crippen LogP contribution < -0.4 is 0 Å². The van der Waals surface area contributed by atoms with E-state index in [1.165, 1.54) is 16.5 Å². The highest BCUT2D eigenvalue weighted by Crippen LogP contribution is 2.32. The lowest BCUT2D eigenvalue weighted by Crippen LogP contribution is -2.41. The van der Waals surface area contributed by atoms with Gasteiger partial charge in [-0.25, -0.2) is 4.79 Å². The van der Waals surface area contributed by atoms with Gasteiger partial charge in [-0.15, -0.1) is 0 Å². The zero-order chi connectivity index (χ0) is 20.4. The minimum atomic E-state index is -0.456. The van der Waals surface area contributed by atoms with Crippen LogP contribution in [0.25, 0.3) is 10.9 Å². The molecule has 1 amide bonds. The van der Waals surface area contributed by atoms with Gasteiger partial charge in [-0.1, -0.05) is 30.3 Å². The Morgan fingerprint density at radius 2 is 1.83 bits per heavy atom. The van der Waals surface area contributed by atoms with E-state index in [9.17, 15) is 4.79 Å². The minimum absolute atomic E-state index is 0.212. The summed E-state index contributed by atoms with van der Waals surface area (Å²) in [7, 11) is 0. The van der Waals surface area contributed by atoms with E-state index in [0.717, 1.165) is 25.1 Å². The highest BCUT2D eigenvalue weighted by molar-refractivity contribution is 5.83. The Morgan fingerprint density at radius 3 is 2.52 bits per heavy atom. The molecule has 3 aromatic rings. The molecule has 0 spiro atoms. The van der Waals surface area contributed by atoms with Crippen molar-refractivity contribution < 1.29 is 9.53 Å². The summed E-state index contributed by atoms with van der Waals surface area (Å²) in [4.78, 5) is 18.9. The van der Waals surface area contributed by atoms with E-state index in [1.807, 2.05) is 37.9 Å². The molecule has 1 aliphatic rings. The SMILES string of the molecule is CC(C)(C)OC(=O)N1CCC(c2nccc3c2ccn3Cc2ccccc2)CC1. The van der Waals surface area contributed by atoms with Crippen LogP contribution in [-0.2, 0) is 11.3 Å². The molecule has 1 fully saturated rings. The monoisotopic (exact) mass is 391 g/mol. The number of piperidine rings is 1. The first-order valence-electron chi connectivity index (χ1n) is 10.4. The molecule has 0 unspecified atom stereocenters. The fourth-order valence-electron chi connectivity index (χ4n) is 4.05. The molecule has 5 heteroatoms. The molecule has 0 aliphatic carbocycles. The van der Waals surface area contributed by atoms with Gasteiger partial charge in [0, 0.05) is 43.3 Å². The molecule has 0 atom stereocenters. The van der Waals surface area contributed by atoms with Gasteiger partial charge in [0.25, 0.3) is 0 Å². The van der Waals surface area contributed by atoms with Crippen molar-refractivity contribution in [2.45, 2.75) is 51.7 Å². The van der Waals surface area contributed by atoms with Crippen LogP contribution in [0.4, 0.5) is 4.79 Å². The van der Waals surface area contributed by atoms with Crippen molar-refractivity contribution in [3.8, 4) is 0 Å². The van der Waals surface area contributed by atoms with E-state index in [1.54, 1.807) is 0 Å². The van der Waals surface area contributed by atoms with Gasteiger partial charge in [0.1, 0.15) is 5.60 Å². The smallest absolute Gasteiger partial charge is 0.410 e. The first-order valence-corrected chi connectivity index (χ1v) is 10.4. The zero-order valence-electron chi connectivity index (χ0n) is 17.5. The molecule has 152 valence electrons. The molecule has 29 heavy (non-hydrogen) atoms. The Hall–Kier alpha value is -2.82. The summed E-state index contributed by atoms with van der Waals surface area (Å²) in [5.74, 6) is 0.366. The summed E-state index contributed by atoms with van der Waals surface area (Å²) < 4.78 is 7.80. The number of rotatable bonds is 3. The standard InChI is InChI=1S/C24H29N3O2/c1-24(2,3)29-23(28)26-14-10-19(11-15-26)22-20-12-16-27(21(20)9-13-25-22)17-18-7-5-4-6-8-18/h4-9,12-13,16,19H,10-11,14-15,17H2,1-3H3. The highest BCUT2D eigenvalue weighted by atomic mass is 16.6. The number of amides is 1. The molecule has 0 bridgehead atoms. The van der Waals surface area contributed by atoms with E-state index in [2.05, 4.69) is 47.2 Å². The number of benzene rings is 1. The second kappa shape index (κ2) is 7.90. The first-order chi connectivity index (χ1) is 13.9. The summed E-state index contributed by atoms with van der Waals surface area (Å²) in [6.45, 7) is 7.99. The largest absolute Gasteiger partial charge is 0.444 e. The number of aromatic nitrogens is 2. The molecular weight excluding hydrogens is 362 g/mol.